The van der Waals surface area contributed by atoms with Gasteiger partial charge in [0.05, 0.1) is 0 Å². The molecule has 0 unspecified atom stereocenters. The van der Waals surface area contributed by atoms with Crippen LogP contribution >= 0.6 is 11.8 Å². The van der Waals surface area contributed by atoms with E-state index in [9.17, 15) is 4.79 Å². The first-order chi connectivity index (χ1) is 9.38. The van der Waals surface area contributed by atoms with Crippen LogP contribution < -0.4 is 0 Å². The maximum Gasteiger partial charge on any atom is 0.150 e. The maximum atomic E-state index is 10.5. The molecule has 98 valence electrons. The minimum Gasteiger partial charge on any atom is -0.298 e. The molecule has 0 saturated heterocycles. The zero-order chi connectivity index (χ0) is 13.3. The second kappa shape index (κ2) is 7.80. The number of rotatable bonds is 7. The number of hydrogen-bond donors (Lipinski definition) is 0. The van der Waals surface area contributed by atoms with Crippen LogP contribution in [0.25, 0.3) is 0 Å². The van der Waals surface area contributed by atoms with Gasteiger partial charge in [0.2, 0.25) is 0 Å². The quantitative estimate of drug-likeness (QED) is 0.415. The van der Waals surface area contributed by atoms with Crippen LogP contribution in [0.4, 0.5) is 0 Å². The molecule has 0 heterocycles. The first kappa shape index (κ1) is 13.9. The SMILES string of the molecule is O=Cc1ccc(SCCCCc2ccccc2)cc1. The van der Waals surface area contributed by atoms with E-state index in [-0.39, 0.29) is 0 Å². The van der Waals surface area contributed by atoms with Crippen molar-refractivity contribution < 1.29 is 4.79 Å². The van der Waals surface area contributed by atoms with Gasteiger partial charge in [0, 0.05) is 10.5 Å². The maximum absolute atomic E-state index is 10.5. The van der Waals surface area contributed by atoms with Gasteiger partial charge >= 0.3 is 0 Å². The smallest absolute Gasteiger partial charge is 0.150 e. The molecule has 0 aromatic heterocycles. The Hall–Kier alpha value is -1.54. The van der Waals surface area contributed by atoms with Crippen LogP contribution in [0.1, 0.15) is 28.8 Å². The van der Waals surface area contributed by atoms with E-state index in [1.165, 1.54) is 23.3 Å². The molecule has 0 bridgehead atoms. The molecule has 0 saturated carbocycles. The summed E-state index contributed by atoms with van der Waals surface area (Å²) in [5, 5.41) is 0. The Morgan fingerprint density at radius 2 is 1.63 bits per heavy atom. The molecule has 2 aromatic carbocycles. The van der Waals surface area contributed by atoms with Gasteiger partial charge in [0.1, 0.15) is 6.29 Å². The molecule has 0 atom stereocenters. The fraction of sp³-hybridized carbons (Fsp3) is 0.235. The molecule has 2 heteroatoms. The van der Waals surface area contributed by atoms with Crippen LogP contribution in [0.3, 0.4) is 0 Å². The lowest BCUT2D eigenvalue weighted by atomic mass is 10.1. The van der Waals surface area contributed by atoms with E-state index in [2.05, 4.69) is 30.3 Å². The second-order valence-corrected chi connectivity index (χ2v) is 5.65. The van der Waals surface area contributed by atoms with Crippen LogP contribution in [0.2, 0.25) is 0 Å². The summed E-state index contributed by atoms with van der Waals surface area (Å²) in [6, 6.07) is 18.4. The summed E-state index contributed by atoms with van der Waals surface area (Å²) in [5.41, 5.74) is 2.16. The number of aryl methyl sites for hydroxylation is 1. The summed E-state index contributed by atoms with van der Waals surface area (Å²) in [6.07, 6.45) is 4.48. The number of carbonyl (C=O) groups excluding carboxylic acids is 1. The van der Waals surface area contributed by atoms with Crippen LogP contribution in [0, 0.1) is 0 Å². The van der Waals surface area contributed by atoms with Crippen LogP contribution in [-0.4, -0.2) is 12.0 Å². The van der Waals surface area contributed by atoms with Gasteiger partial charge in [-0.2, -0.15) is 0 Å². The van der Waals surface area contributed by atoms with Crippen LogP contribution in [0.5, 0.6) is 0 Å². The lowest BCUT2D eigenvalue weighted by molar-refractivity contribution is 0.112. The Kier molecular flexibility index (Phi) is 5.70. The number of thioether (sulfide) groups is 1. The summed E-state index contributed by atoms with van der Waals surface area (Å²) in [7, 11) is 0. The molecule has 19 heavy (non-hydrogen) atoms. The summed E-state index contributed by atoms with van der Waals surface area (Å²) in [5.74, 6) is 1.13. The number of unbranched alkanes of at least 4 members (excludes halogenated alkanes) is 1. The summed E-state index contributed by atoms with van der Waals surface area (Å²) < 4.78 is 0. The number of benzene rings is 2. The molecule has 1 nitrogen and oxygen atoms in total. The van der Waals surface area contributed by atoms with Gasteiger partial charge in [-0.1, -0.05) is 42.5 Å². The van der Waals surface area contributed by atoms with Crippen molar-refractivity contribution in [2.75, 3.05) is 5.75 Å². The Morgan fingerprint density at radius 3 is 2.32 bits per heavy atom. The summed E-state index contributed by atoms with van der Waals surface area (Å²) in [4.78, 5) is 11.8. The molecule has 2 aromatic rings. The average molecular weight is 270 g/mol. The molecule has 0 radical (unpaired) electrons. The van der Waals surface area contributed by atoms with E-state index in [4.69, 9.17) is 0 Å². The Morgan fingerprint density at radius 1 is 0.895 bits per heavy atom. The lowest BCUT2D eigenvalue weighted by Crippen LogP contribution is -1.87. The monoisotopic (exact) mass is 270 g/mol. The van der Waals surface area contributed by atoms with E-state index in [0.29, 0.717) is 0 Å². The second-order valence-electron chi connectivity index (χ2n) is 4.48. The molecular formula is C17H18OS. The Balaban J connectivity index is 1.65. The third-order valence-corrected chi connectivity index (χ3v) is 4.09. The Labute approximate surface area is 119 Å². The number of carbonyl (C=O) groups is 1. The van der Waals surface area contributed by atoms with Gasteiger partial charge in [-0.15, -0.1) is 11.8 Å². The van der Waals surface area contributed by atoms with Crippen molar-refractivity contribution in [2.45, 2.75) is 24.2 Å². The fourth-order valence-corrected chi connectivity index (χ4v) is 2.82. The fourth-order valence-electron chi connectivity index (χ4n) is 1.91. The van der Waals surface area contributed by atoms with E-state index in [0.717, 1.165) is 24.0 Å². The topological polar surface area (TPSA) is 17.1 Å². The first-order valence-corrected chi connectivity index (χ1v) is 7.59. The standard InChI is InChI=1S/C17H18OS/c18-14-16-9-11-17(12-10-16)19-13-5-4-8-15-6-2-1-3-7-15/h1-3,6-7,9-12,14H,4-5,8,13H2. The molecule has 0 aliphatic carbocycles. The Bertz CT molecular complexity index is 490. The highest BCUT2D eigenvalue weighted by Crippen LogP contribution is 2.20. The van der Waals surface area contributed by atoms with Gasteiger partial charge in [-0.05, 0) is 42.7 Å². The van der Waals surface area contributed by atoms with Crippen molar-refractivity contribution in [1.82, 2.24) is 0 Å². The van der Waals surface area contributed by atoms with Crippen molar-refractivity contribution in [1.29, 1.82) is 0 Å². The van der Waals surface area contributed by atoms with Crippen molar-refractivity contribution in [3.8, 4) is 0 Å². The molecule has 0 spiro atoms. The van der Waals surface area contributed by atoms with Crippen molar-refractivity contribution >= 4 is 18.0 Å². The molecule has 0 N–H and O–H groups in total. The van der Waals surface area contributed by atoms with Gasteiger partial charge in [-0.3, -0.25) is 4.79 Å². The molecular weight excluding hydrogens is 252 g/mol. The first-order valence-electron chi connectivity index (χ1n) is 6.60. The molecule has 0 fully saturated rings. The predicted octanol–water partition coefficient (Wildman–Crippen LogP) is 4.61. The minimum atomic E-state index is 0.744. The summed E-state index contributed by atoms with van der Waals surface area (Å²) >= 11 is 1.86. The highest BCUT2D eigenvalue weighted by atomic mass is 32.2. The normalized spacial score (nSPS) is 10.3. The zero-order valence-corrected chi connectivity index (χ0v) is 11.7. The van der Waals surface area contributed by atoms with E-state index < -0.39 is 0 Å². The number of hydrogen-bond acceptors (Lipinski definition) is 2. The molecule has 0 amide bonds. The van der Waals surface area contributed by atoms with Gasteiger partial charge in [-0.25, -0.2) is 0 Å². The van der Waals surface area contributed by atoms with E-state index >= 15 is 0 Å². The van der Waals surface area contributed by atoms with Gasteiger partial charge < -0.3 is 0 Å². The van der Waals surface area contributed by atoms with Crippen molar-refractivity contribution in [3.05, 3.63) is 65.7 Å². The molecule has 2 rings (SSSR count). The molecule has 0 aliphatic rings. The predicted molar refractivity (Wildman–Crippen MR) is 81.9 cm³/mol. The van der Waals surface area contributed by atoms with E-state index in [1.54, 1.807) is 0 Å². The average Bonchev–Trinajstić information content (AvgIpc) is 2.49. The van der Waals surface area contributed by atoms with Crippen molar-refractivity contribution in [3.63, 3.8) is 0 Å². The van der Waals surface area contributed by atoms with E-state index in [1.807, 2.05) is 36.0 Å². The summed E-state index contributed by atoms with van der Waals surface area (Å²) in [6.45, 7) is 0. The largest absolute Gasteiger partial charge is 0.298 e. The lowest BCUT2D eigenvalue weighted by Gasteiger charge is -2.03. The van der Waals surface area contributed by atoms with Gasteiger partial charge in [0.25, 0.3) is 0 Å². The van der Waals surface area contributed by atoms with Crippen molar-refractivity contribution in [2.24, 2.45) is 0 Å². The van der Waals surface area contributed by atoms with Crippen LogP contribution in [-0.2, 0) is 6.42 Å². The number of aldehydes is 1. The molecule has 0 aliphatic heterocycles. The zero-order valence-electron chi connectivity index (χ0n) is 10.9. The minimum absolute atomic E-state index is 0.744. The highest BCUT2D eigenvalue weighted by molar-refractivity contribution is 7.99. The highest BCUT2D eigenvalue weighted by Gasteiger charge is 1.96. The third-order valence-electron chi connectivity index (χ3n) is 2.99. The van der Waals surface area contributed by atoms with Gasteiger partial charge in [0.15, 0.2) is 0 Å². The van der Waals surface area contributed by atoms with Crippen LogP contribution in [0.15, 0.2) is 59.5 Å². The third kappa shape index (κ3) is 4.92.